The molecule has 1 aromatic carbocycles. The fraction of sp³-hybridized carbons (Fsp3) is 0.182. The molecule has 90 valence electrons. The Kier molecular flexibility index (Phi) is 3.66. The summed E-state index contributed by atoms with van der Waals surface area (Å²) in [6.07, 6.45) is 0. The number of nitrogens with one attached hydrogen (secondary N) is 1. The molecule has 0 aliphatic rings. The lowest BCUT2D eigenvalue weighted by molar-refractivity contribution is 0.765. The molecule has 6 heteroatoms. The molecule has 1 aromatic heterocycles. The van der Waals surface area contributed by atoms with E-state index in [9.17, 15) is 0 Å². The first kappa shape index (κ1) is 12.7. The fourth-order valence-corrected chi connectivity index (χ4v) is 2.28. The number of hydrogen-bond acceptors (Lipinski definition) is 2. The van der Waals surface area contributed by atoms with Crippen LogP contribution in [0.15, 0.2) is 22.7 Å². The third kappa shape index (κ3) is 2.44. The van der Waals surface area contributed by atoms with Gasteiger partial charge in [-0.3, -0.25) is 4.68 Å². The van der Waals surface area contributed by atoms with E-state index in [1.807, 2.05) is 26.1 Å². The van der Waals surface area contributed by atoms with Gasteiger partial charge in [0.15, 0.2) is 0 Å². The van der Waals surface area contributed by atoms with E-state index >= 15 is 0 Å². The van der Waals surface area contributed by atoms with Gasteiger partial charge in [0.2, 0.25) is 0 Å². The van der Waals surface area contributed by atoms with Gasteiger partial charge in [-0.05, 0) is 35.0 Å². The predicted octanol–water partition coefficient (Wildman–Crippen LogP) is 4.54. The Balaban J connectivity index is 2.41. The van der Waals surface area contributed by atoms with Crippen LogP contribution in [0, 0.1) is 6.92 Å². The second kappa shape index (κ2) is 4.88. The van der Waals surface area contributed by atoms with Crippen LogP contribution in [0.1, 0.15) is 5.69 Å². The molecule has 3 nitrogen and oxygen atoms in total. The first-order chi connectivity index (χ1) is 8.00. The second-order valence-electron chi connectivity index (χ2n) is 3.60. The quantitative estimate of drug-likeness (QED) is 0.873. The van der Waals surface area contributed by atoms with Gasteiger partial charge in [0.05, 0.1) is 25.9 Å². The maximum absolute atomic E-state index is 6.12. The normalized spacial score (nSPS) is 10.6. The van der Waals surface area contributed by atoms with E-state index < -0.39 is 0 Å². The summed E-state index contributed by atoms with van der Waals surface area (Å²) in [4.78, 5) is 0. The van der Waals surface area contributed by atoms with E-state index in [1.54, 1.807) is 10.7 Å². The van der Waals surface area contributed by atoms with Gasteiger partial charge in [-0.25, -0.2) is 0 Å². The summed E-state index contributed by atoms with van der Waals surface area (Å²) in [5.74, 6) is 0.840. The monoisotopic (exact) mass is 333 g/mol. The maximum atomic E-state index is 6.12. The molecule has 0 amide bonds. The zero-order valence-corrected chi connectivity index (χ0v) is 12.4. The van der Waals surface area contributed by atoms with Crippen molar-refractivity contribution in [1.82, 2.24) is 9.78 Å². The summed E-state index contributed by atoms with van der Waals surface area (Å²) in [7, 11) is 1.86. The smallest absolute Gasteiger partial charge is 0.143 e. The molecule has 0 unspecified atom stereocenters. The van der Waals surface area contributed by atoms with Gasteiger partial charge in [-0.15, -0.1) is 0 Å². The molecule has 2 aromatic rings. The largest absolute Gasteiger partial charge is 0.338 e. The van der Waals surface area contributed by atoms with Crippen LogP contribution in [-0.4, -0.2) is 9.78 Å². The number of nitrogens with zero attached hydrogens (tertiary/aromatic N) is 2. The van der Waals surface area contributed by atoms with E-state index in [1.165, 1.54) is 0 Å². The molecule has 0 saturated carbocycles. The van der Waals surface area contributed by atoms with Gasteiger partial charge in [-0.1, -0.05) is 29.3 Å². The van der Waals surface area contributed by atoms with Crippen LogP contribution < -0.4 is 5.32 Å². The second-order valence-corrected chi connectivity index (χ2v) is 5.18. The highest BCUT2D eigenvalue weighted by atomic mass is 79.9. The van der Waals surface area contributed by atoms with Crippen LogP contribution in [0.3, 0.4) is 0 Å². The van der Waals surface area contributed by atoms with Crippen LogP contribution in [0.2, 0.25) is 10.0 Å². The summed E-state index contributed by atoms with van der Waals surface area (Å²) in [6, 6.07) is 5.45. The van der Waals surface area contributed by atoms with E-state index in [0.29, 0.717) is 10.0 Å². The zero-order chi connectivity index (χ0) is 12.6. The Bertz CT molecular complexity index is 566. The number of aryl methyl sites for hydroxylation is 2. The van der Waals surface area contributed by atoms with Crippen molar-refractivity contribution in [2.24, 2.45) is 7.05 Å². The summed E-state index contributed by atoms with van der Waals surface area (Å²) < 4.78 is 2.66. The minimum atomic E-state index is 0.500. The number of hydrogen-bond donors (Lipinski definition) is 1. The highest BCUT2D eigenvalue weighted by Gasteiger charge is 2.12. The molecule has 0 atom stereocenters. The average Bonchev–Trinajstić information content (AvgIpc) is 2.51. The Morgan fingerprint density at radius 2 is 2.06 bits per heavy atom. The summed E-state index contributed by atoms with van der Waals surface area (Å²) in [5.41, 5.74) is 1.66. The molecule has 0 radical (unpaired) electrons. The molecular formula is C11H10BrCl2N3. The van der Waals surface area contributed by atoms with Crippen LogP contribution in [-0.2, 0) is 7.05 Å². The summed E-state index contributed by atoms with van der Waals surface area (Å²) in [6.45, 7) is 1.93. The third-order valence-corrected chi connectivity index (χ3v) is 4.12. The van der Waals surface area contributed by atoms with Crippen LogP contribution >= 0.6 is 39.1 Å². The highest BCUT2D eigenvalue weighted by Crippen LogP contribution is 2.34. The van der Waals surface area contributed by atoms with Crippen LogP contribution in [0.5, 0.6) is 0 Å². The molecule has 0 aliphatic carbocycles. The van der Waals surface area contributed by atoms with Crippen molar-refractivity contribution in [3.63, 3.8) is 0 Å². The number of anilines is 2. The molecule has 2 rings (SSSR count). The lowest BCUT2D eigenvalue weighted by Gasteiger charge is -2.09. The fourth-order valence-electron chi connectivity index (χ4n) is 1.50. The standard InChI is InChI=1S/C11H10BrCl2N3/c1-6-9(12)11(17(2)16-6)15-8-5-3-4-7(13)10(8)14/h3-5,15H,1-2H3. The lowest BCUT2D eigenvalue weighted by Crippen LogP contribution is -2.00. The zero-order valence-electron chi connectivity index (χ0n) is 9.26. The molecule has 1 N–H and O–H groups in total. The van der Waals surface area contributed by atoms with Gasteiger partial charge >= 0.3 is 0 Å². The molecule has 0 spiro atoms. The Hall–Kier alpha value is -0.710. The van der Waals surface area contributed by atoms with Gasteiger partial charge in [0.1, 0.15) is 5.82 Å². The van der Waals surface area contributed by atoms with Gasteiger partial charge in [0.25, 0.3) is 0 Å². The molecule has 0 fully saturated rings. The van der Waals surface area contributed by atoms with Crippen molar-refractivity contribution in [2.45, 2.75) is 6.92 Å². The molecule has 0 saturated heterocycles. The Morgan fingerprint density at radius 1 is 1.35 bits per heavy atom. The number of halogens is 3. The van der Waals surface area contributed by atoms with E-state index in [-0.39, 0.29) is 0 Å². The number of rotatable bonds is 2. The van der Waals surface area contributed by atoms with E-state index in [2.05, 4.69) is 26.3 Å². The summed E-state index contributed by atoms with van der Waals surface area (Å²) >= 11 is 15.6. The maximum Gasteiger partial charge on any atom is 0.143 e. The molecule has 0 aliphatic heterocycles. The topological polar surface area (TPSA) is 29.9 Å². The molecule has 17 heavy (non-hydrogen) atoms. The Morgan fingerprint density at radius 3 is 2.65 bits per heavy atom. The Labute approximate surface area is 118 Å². The summed E-state index contributed by atoms with van der Waals surface area (Å²) in [5, 5.41) is 8.52. The van der Waals surface area contributed by atoms with Crippen LogP contribution in [0.25, 0.3) is 0 Å². The highest BCUT2D eigenvalue weighted by molar-refractivity contribution is 9.10. The van der Waals surface area contributed by atoms with Crippen molar-refractivity contribution < 1.29 is 0 Å². The molecule has 0 bridgehead atoms. The minimum Gasteiger partial charge on any atom is -0.338 e. The van der Waals surface area contributed by atoms with E-state index in [4.69, 9.17) is 23.2 Å². The third-order valence-electron chi connectivity index (χ3n) is 2.35. The lowest BCUT2D eigenvalue weighted by atomic mass is 10.3. The van der Waals surface area contributed by atoms with Gasteiger partial charge in [0, 0.05) is 7.05 Å². The van der Waals surface area contributed by atoms with Crippen molar-refractivity contribution >= 4 is 50.6 Å². The SMILES string of the molecule is Cc1nn(C)c(Nc2cccc(Cl)c2Cl)c1Br. The number of aromatic nitrogens is 2. The van der Waals surface area contributed by atoms with Crippen LogP contribution in [0.4, 0.5) is 11.5 Å². The first-order valence-corrected chi connectivity index (χ1v) is 6.45. The predicted molar refractivity (Wildman–Crippen MR) is 75.4 cm³/mol. The van der Waals surface area contributed by atoms with Gasteiger partial charge < -0.3 is 5.32 Å². The van der Waals surface area contributed by atoms with Crippen molar-refractivity contribution in [1.29, 1.82) is 0 Å². The molecular weight excluding hydrogens is 325 g/mol. The van der Waals surface area contributed by atoms with Crippen molar-refractivity contribution in [3.05, 3.63) is 38.4 Å². The minimum absolute atomic E-state index is 0.500. The van der Waals surface area contributed by atoms with Crippen molar-refractivity contribution in [3.8, 4) is 0 Å². The molecule has 1 heterocycles. The average molecular weight is 335 g/mol. The van der Waals surface area contributed by atoms with Gasteiger partial charge in [-0.2, -0.15) is 5.10 Å². The first-order valence-electron chi connectivity index (χ1n) is 4.91. The number of benzene rings is 1. The van der Waals surface area contributed by atoms with E-state index in [0.717, 1.165) is 21.7 Å². The van der Waals surface area contributed by atoms with Crippen molar-refractivity contribution in [2.75, 3.05) is 5.32 Å².